The Labute approximate surface area is 129 Å². The molecule has 0 fully saturated rings. The Hall–Kier alpha value is -0.330. The van der Waals surface area contributed by atoms with E-state index < -0.39 is 9.23 Å². The van der Waals surface area contributed by atoms with Gasteiger partial charge in [0.25, 0.3) is 0 Å². The van der Waals surface area contributed by atoms with Crippen molar-refractivity contribution in [2.45, 2.75) is 19.0 Å². The van der Waals surface area contributed by atoms with Gasteiger partial charge in [-0.05, 0) is 17.5 Å². The van der Waals surface area contributed by atoms with Crippen molar-refractivity contribution in [3.63, 3.8) is 0 Å². The Balaban J connectivity index is 0.000000576. The van der Waals surface area contributed by atoms with Crippen LogP contribution in [0.5, 0.6) is 0 Å². The molecule has 0 spiro atoms. The fourth-order valence-corrected chi connectivity index (χ4v) is 1.76. The quantitative estimate of drug-likeness (QED) is 0.626. The SMILES string of the molecule is COC(=O)[C@@H]1Cc2ccccc2CN1.Cl.O=S(Cl)Cl. The Morgan fingerprint density at radius 2 is 1.89 bits per heavy atom. The fourth-order valence-electron chi connectivity index (χ4n) is 1.76. The third-order valence-corrected chi connectivity index (χ3v) is 2.57. The van der Waals surface area contributed by atoms with Gasteiger partial charge in [-0.15, -0.1) is 12.4 Å². The maximum atomic E-state index is 11.3. The average Bonchev–Trinajstić information content (AvgIpc) is 2.36. The number of halogens is 3. The Kier molecular flexibility index (Phi) is 9.39. The van der Waals surface area contributed by atoms with Crippen LogP contribution in [0.25, 0.3) is 0 Å². The van der Waals surface area contributed by atoms with E-state index in [4.69, 9.17) is 8.95 Å². The van der Waals surface area contributed by atoms with E-state index in [1.165, 1.54) is 18.2 Å². The maximum absolute atomic E-state index is 11.3. The van der Waals surface area contributed by atoms with Crippen LogP contribution < -0.4 is 5.32 Å². The fraction of sp³-hybridized carbons (Fsp3) is 0.364. The van der Waals surface area contributed by atoms with Crippen LogP contribution in [0.3, 0.4) is 0 Å². The molecule has 1 aromatic carbocycles. The van der Waals surface area contributed by atoms with Crippen molar-refractivity contribution in [1.29, 1.82) is 0 Å². The number of fused-ring (bicyclic) bond motifs is 1. The molecule has 0 bridgehead atoms. The van der Waals surface area contributed by atoms with Gasteiger partial charge in [-0.25, -0.2) is 4.21 Å². The number of ether oxygens (including phenoxy) is 1. The molecule has 4 nitrogen and oxygen atoms in total. The van der Waals surface area contributed by atoms with Gasteiger partial charge in [0.2, 0.25) is 9.23 Å². The summed E-state index contributed by atoms with van der Waals surface area (Å²) in [7, 11) is 8.78. The Morgan fingerprint density at radius 1 is 1.37 bits per heavy atom. The summed E-state index contributed by atoms with van der Waals surface area (Å²) in [6.45, 7) is 0.746. The largest absolute Gasteiger partial charge is 0.468 e. The van der Waals surface area contributed by atoms with Crippen LogP contribution in [0.15, 0.2) is 24.3 Å². The number of rotatable bonds is 1. The van der Waals surface area contributed by atoms with Gasteiger partial charge < -0.3 is 10.1 Å². The number of carbonyl (C=O) groups is 1. The smallest absolute Gasteiger partial charge is 0.323 e. The van der Waals surface area contributed by atoms with Crippen molar-refractivity contribution in [3.05, 3.63) is 35.4 Å². The number of hydrogen-bond acceptors (Lipinski definition) is 4. The van der Waals surface area contributed by atoms with Crippen molar-refractivity contribution < 1.29 is 13.7 Å². The number of methoxy groups -OCH3 is 1. The number of hydrogen-bond donors (Lipinski definition) is 1. The van der Waals surface area contributed by atoms with Crippen LogP contribution in [0.4, 0.5) is 0 Å². The summed E-state index contributed by atoms with van der Waals surface area (Å²) in [6, 6.07) is 7.97. The van der Waals surface area contributed by atoms with E-state index in [9.17, 15) is 4.79 Å². The van der Waals surface area contributed by atoms with E-state index >= 15 is 0 Å². The summed E-state index contributed by atoms with van der Waals surface area (Å²) in [6.07, 6.45) is 0.725. The monoisotopic (exact) mass is 345 g/mol. The minimum Gasteiger partial charge on any atom is -0.468 e. The van der Waals surface area contributed by atoms with Gasteiger partial charge in [-0.1, -0.05) is 24.3 Å². The van der Waals surface area contributed by atoms with Crippen LogP contribution in [-0.2, 0) is 31.7 Å². The molecule has 0 aliphatic carbocycles. The molecule has 0 saturated heterocycles. The molecule has 1 N–H and O–H groups in total. The Morgan fingerprint density at radius 3 is 2.42 bits per heavy atom. The zero-order valence-electron chi connectivity index (χ0n) is 10.1. The van der Waals surface area contributed by atoms with Gasteiger partial charge in [-0.2, -0.15) is 0 Å². The van der Waals surface area contributed by atoms with Crippen molar-refractivity contribution in [3.8, 4) is 0 Å². The third-order valence-electron chi connectivity index (χ3n) is 2.57. The van der Waals surface area contributed by atoms with Gasteiger partial charge in [0, 0.05) is 27.9 Å². The lowest BCUT2D eigenvalue weighted by Gasteiger charge is -2.23. The van der Waals surface area contributed by atoms with E-state index in [1.807, 2.05) is 12.1 Å². The summed E-state index contributed by atoms with van der Waals surface area (Å²) in [5, 5.41) is 3.15. The van der Waals surface area contributed by atoms with Gasteiger partial charge in [0.05, 0.1) is 7.11 Å². The van der Waals surface area contributed by atoms with Crippen molar-refractivity contribution >= 4 is 49.0 Å². The molecule has 1 aliphatic heterocycles. The summed E-state index contributed by atoms with van der Waals surface area (Å²) < 4.78 is 13.8. The van der Waals surface area contributed by atoms with E-state index in [0.717, 1.165) is 13.0 Å². The second-order valence-electron chi connectivity index (χ2n) is 3.61. The predicted molar refractivity (Wildman–Crippen MR) is 79.9 cm³/mol. The zero-order valence-corrected chi connectivity index (χ0v) is 13.2. The highest BCUT2D eigenvalue weighted by molar-refractivity contribution is 8.26. The van der Waals surface area contributed by atoms with Gasteiger partial charge in [0.15, 0.2) is 0 Å². The maximum Gasteiger partial charge on any atom is 0.323 e. The molecule has 0 aromatic heterocycles. The summed E-state index contributed by atoms with van der Waals surface area (Å²) in [5.41, 5.74) is 2.51. The first-order valence-electron chi connectivity index (χ1n) is 5.17. The van der Waals surface area contributed by atoms with E-state index in [1.54, 1.807) is 0 Å². The molecule has 19 heavy (non-hydrogen) atoms. The number of carbonyl (C=O) groups excluding carboxylic acids is 1. The molecule has 108 valence electrons. The first-order chi connectivity index (χ1) is 8.54. The second-order valence-corrected chi connectivity index (χ2v) is 6.14. The molecule has 0 unspecified atom stereocenters. The lowest BCUT2D eigenvalue weighted by atomic mass is 9.96. The normalized spacial score (nSPS) is 16.5. The van der Waals surface area contributed by atoms with Crippen LogP contribution in [0.2, 0.25) is 0 Å². The number of esters is 1. The van der Waals surface area contributed by atoms with Gasteiger partial charge >= 0.3 is 5.97 Å². The van der Waals surface area contributed by atoms with E-state index in [0.29, 0.717) is 0 Å². The molecule has 8 heteroatoms. The van der Waals surface area contributed by atoms with E-state index in [2.05, 4.69) is 38.8 Å². The first-order valence-corrected chi connectivity index (χ1v) is 7.97. The lowest BCUT2D eigenvalue weighted by molar-refractivity contribution is -0.143. The minimum absolute atomic E-state index is 0. The zero-order chi connectivity index (χ0) is 13.5. The minimum atomic E-state index is -1.67. The van der Waals surface area contributed by atoms with Crippen LogP contribution >= 0.6 is 33.8 Å². The predicted octanol–water partition coefficient (Wildman–Crippen LogP) is 2.34. The van der Waals surface area contributed by atoms with Crippen molar-refractivity contribution in [1.82, 2.24) is 5.32 Å². The van der Waals surface area contributed by atoms with Crippen molar-refractivity contribution in [2.24, 2.45) is 0 Å². The number of nitrogens with one attached hydrogen (secondary N) is 1. The molecular formula is C11H14Cl3NO3S. The number of benzene rings is 1. The van der Waals surface area contributed by atoms with Crippen molar-refractivity contribution in [2.75, 3.05) is 7.11 Å². The molecule has 0 radical (unpaired) electrons. The van der Waals surface area contributed by atoms with Crippen LogP contribution in [-0.4, -0.2) is 23.3 Å². The molecule has 1 atom stereocenters. The molecular weight excluding hydrogens is 333 g/mol. The lowest BCUT2D eigenvalue weighted by Crippen LogP contribution is -2.42. The highest BCUT2D eigenvalue weighted by atomic mass is 36.0. The standard InChI is InChI=1S/C11H13NO2.Cl2OS.ClH/c1-14-11(13)10-6-8-4-2-3-5-9(8)7-12-10;1-4(2)3;/h2-5,10,12H,6-7H2,1H3;;1H/t10-;;/m0../s1. The van der Waals surface area contributed by atoms with Gasteiger partial charge in [0.1, 0.15) is 6.04 Å². The van der Waals surface area contributed by atoms with Gasteiger partial charge in [-0.3, -0.25) is 4.79 Å². The molecule has 0 amide bonds. The third kappa shape index (κ3) is 6.58. The van der Waals surface area contributed by atoms with Crippen LogP contribution in [0, 0.1) is 0 Å². The highest BCUT2D eigenvalue weighted by Gasteiger charge is 2.23. The molecule has 0 saturated carbocycles. The molecule has 2 rings (SSSR count). The molecule has 1 aliphatic rings. The average molecular weight is 347 g/mol. The second kappa shape index (κ2) is 9.55. The van der Waals surface area contributed by atoms with E-state index in [-0.39, 0.29) is 24.4 Å². The molecule has 1 aromatic rings. The summed E-state index contributed by atoms with van der Waals surface area (Å²) in [4.78, 5) is 11.3. The topological polar surface area (TPSA) is 55.4 Å². The highest BCUT2D eigenvalue weighted by Crippen LogP contribution is 2.16. The summed E-state index contributed by atoms with van der Waals surface area (Å²) in [5.74, 6) is -0.181. The Bertz CT molecular complexity index is 441. The summed E-state index contributed by atoms with van der Waals surface area (Å²) >= 11 is 0. The molecule has 1 heterocycles. The van der Waals surface area contributed by atoms with Crippen LogP contribution in [0.1, 0.15) is 11.1 Å². The first kappa shape index (κ1) is 18.7.